The number of hydrogen-bond acceptors (Lipinski definition) is 5. The molecule has 2 aromatic carbocycles. The van der Waals surface area contributed by atoms with Gasteiger partial charge in [-0.1, -0.05) is 11.6 Å². The first-order valence-electron chi connectivity index (χ1n) is 6.59. The van der Waals surface area contributed by atoms with E-state index in [1.54, 1.807) is 24.3 Å². The summed E-state index contributed by atoms with van der Waals surface area (Å²) < 4.78 is 9.83. The first-order chi connectivity index (χ1) is 11.0. The Morgan fingerprint density at radius 3 is 2.48 bits per heavy atom. The van der Waals surface area contributed by atoms with E-state index in [0.29, 0.717) is 10.8 Å². The largest absolute Gasteiger partial charge is 0.506 e. The highest BCUT2D eigenvalue weighted by Crippen LogP contribution is 2.24. The number of carbonyl (C=O) groups excluding carboxylic acids is 2. The van der Waals surface area contributed by atoms with Crippen LogP contribution in [-0.2, 0) is 9.53 Å². The van der Waals surface area contributed by atoms with E-state index in [1.165, 1.54) is 25.3 Å². The average molecular weight is 336 g/mol. The zero-order valence-electron chi connectivity index (χ0n) is 12.2. The van der Waals surface area contributed by atoms with Crippen molar-refractivity contribution in [3.05, 3.63) is 53.1 Å². The molecule has 0 fully saturated rings. The molecule has 120 valence electrons. The lowest BCUT2D eigenvalue weighted by Gasteiger charge is -2.09. The number of halogens is 1. The van der Waals surface area contributed by atoms with Gasteiger partial charge in [-0.05, 0) is 42.5 Å². The number of amides is 1. The van der Waals surface area contributed by atoms with E-state index in [4.69, 9.17) is 16.3 Å². The lowest BCUT2D eigenvalue weighted by Crippen LogP contribution is -2.20. The molecule has 2 rings (SSSR count). The number of ether oxygens (including phenoxy) is 2. The number of aromatic hydroxyl groups is 1. The van der Waals surface area contributed by atoms with Crippen molar-refractivity contribution in [3.63, 3.8) is 0 Å². The molecule has 7 heteroatoms. The first kappa shape index (κ1) is 16.6. The molecule has 23 heavy (non-hydrogen) atoms. The number of methoxy groups -OCH3 is 1. The summed E-state index contributed by atoms with van der Waals surface area (Å²) in [5.74, 6) is -0.784. The highest BCUT2D eigenvalue weighted by molar-refractivity contribution is 6.30. The van der Waals surface area contributed by atoms with E-state index in [1.807, 2.05) is 0 Å². The SMILES string of the molecule is COC(=O)c1ccc(NC(=O)COc2ccc(Cl)cc2)c(O)c1. The van der Waals surface area contributed by atoms with Crippen molar-refractivity contribution in [1.29, 1.82) is 0 Å². The van der Waals surface area contributed by atoms with Crippen molar-refractivity contribution < 1.29 is 24.2 Å². The topological polar surface area (TPSA) is 84.9 Å². The van der Waals surface area contributed by atoms with Gasteiger partial charge in [-0.25, -0.2) is 4.79 Å². The highest BCUT2D eigenvalue weighted by Gasteiger charge is 2.11. The van der Waals surface area contributed by atoms with Crippen LogP contribution >= 0.6 is 11.6 Å². The number of phenolic OH excluding ortho intramolecular Hbond substituents is 1. The van der Waals surface area contributed by atoms with Crippen LogP contribution in [-0.4, -0.2) is 30.7 Å². The van der Waals surface area contributed by atoms with Gasteiger partial charge in [0.2, 0.25) is 0 Å². The predicted octanol–water partition coefficient (Wildman–Crippen LogP) is 2.85. The highest BCUT2D eigenvalue weighted by atomic mass is 35.5. The van der Waals surface area contributed by atoms with Crippen LogP contribution in [0.4, 0.5) is 5.69 Å². The van der Waals surface area contributed by atoms with E-state index >= 15 is 0 Å². The van der Waals surface area contributed by atoms with Gasteiger partial charge in [0, 0.05) is 5.02 Å². The van der Waals surface area contributed by atoms with Gasteiger partial charge < -0.3 is 19.9 Å². The number of anilines is 1. The molecular weight excluding hydrogens is 322 g/mol. The summed E-state index contributed by atoms with van der Waals surface area (Å²) in [5, 5.41) is 12.9. The Morgan fingerprint density at radius 1 is 1.17 bits per heavy atom. The van der Waals surface area contributed by atoms with Crippen LogP contribution in [0.3, 0.4) is 0 Å². The minimum Gasteiger partial charge on any atom is -0.506 e. The van der Waals surface area contributed by atoms with E-state index in [2.05, 4.69) is 10.1 Å². The quantitative estimate of drug-likeness (QED) is 0.648. The van der Waals surface area contributed by atoms with Gasteiger partial charge in [-0.15, -0.1) is 0 Å². The zero-order valence-corrected chi connectivity index (χ0v) is 13.0. The van der Waals surface area contributed by atoms with Gasteiger partial charge in [-0.2, -0.15) is 0 Å². The van der Waals surface area contributed by atoms with Gasteiger partial charge in [0.25, 0.3) is 5.91 Å². The number of nitrogens with one attached hydrogen (secondary N) is 1. The lowest BCUT2D eigenvalue weighted by atomic mass is 10.2. The van der Waals surface area contributed by atoms with Crippen molar-refractivity contribution in [3.8, 4) is 11.5 Å². The van der Waals surface area contributed by atoms with Crippen LogP contribution in [0.25, 0.3) is 0 Å². The number of hydrogen-bond donors (Lipinski definition) is 2. The van der Waals surface area contributed by atoms with Gasteiger partial charge in [0.05, 0.1) is 18.4 Å². The molecule has 0 radical (unpaired) electrons. The minimum absolute atomic E-state index is 0.169. The third-order valence-electron chi connectivity index (χ3n) is 2.88. The Bertz CT molecular complexity index is 715. The number of benzene rings is 2. The summed E-state index contributed by atoms with van der Waals surface area (Å²) in [5.41, 5.74) is 0.350. The van der Waals surface area contributed by atoms with Crippen LogP contribution in [0.15, 0.2) is 42.5 Å². The Hall–Kier alpha value is -2.73. The molecule has 0 atom stereocenters. The number of rotatable bonds is 5. The number of phenols is 1. The molecule has 2 aromatic rings. The Balaban J connectivity index is 1.94. The maximum absolute atomic E-state index is 11.8. The van der Waals surface area contributed by atoms with Gasteiger partial charge in [-0.3, -0.25) is 4.79 Å². The molecular formula is C16H14ClNO5. The fourth-order valence-corrected chi connectivity index (χ4v) is 1.87. The minimum atomic E-state index is -0.579. The zero-order chi connectivity index (χ0) is 16.8. The summed E-state index contributed by atoms with van der Waals surface area (Å²) in [6, 6.07) is 10.6. The van der Waals surface area contributed by atoms with Crippen LogP contribution in [0, 0.1) is 0 Å². The summed E-state index contributed by atoms with van der Waals surface area (Å²) in [6.07, 6.45) is 0. The summed E-state index contributed by atoms with van der Waals surface area (Å²) >= 11 is 5.75. The van der Waals surface area contributed by atoms with Crippen molar-refractivity contribution in [2.45, 2.75) is 0 Å². The van der Waals surface area contributed by atoms with Crippen LogP contribution < -0.4 is 10.1 Å². The van der Waals surface area contributed by atoms with E-state index < -0.39 is 11.9 Å². The van der Waals surface area contributed by atoms with E-state index in [0.717, 1.165) is 0 Å². The van der Waals surface area contributed by atoms with Crippen molar-refractivity contribution in [2.75, 3.05) is 19.0 Å². The van der Waals surface area contributed by atoms with Crippen molar-refractivity contribution in [2.24, 2.45) is 0 Å². The molecule has 0 unspecified atom stereocenters. The molecule has 0 saturated heterocycles. The second-order valence-corrected chi connectivity index (χ2v) is 4.95. The smallest absolute Gasteiger partial charge is 0.337 e. The molecule has 1 amide bonds. The summed E-state index contributed by atoms with van der Waals surface area (Å²) in [7, 11) is 1.24. The first-order valence-corrected chi connectivity index (χ1v) is 6.97. The second kappa shape index (κ2) is 7.51. The van der Waals surface area contributed by atoms with Crippen LogP contribution in [0.5, 0.6) is 11.5 Å². The van der Waals surface area contributed by atoms with Crippen molar-refractivity contribution in [1.82, 2.24) is 0 Å². The van der Waals surface area contributed by atoms with Crippen LogP contribution in [0.2, 0.25) is 5.02 Å². The molecule has 0 aliphatic heterocycles. The third-order valence-corrected chi connectivity index (χ3v) is 3.13. The fraction of sp³-hybridized carbons (Fsp3) is 0.125. The summed E-state index contributed by atoms with van der Waals surface area (Å²) in [6.45, 7) is -0.236. The molecule has 0 heterocycles. The number of esters is 1. The second-order valence-electron chi connectivity index (χ2n) is 4.51. The predicted molar refractivity (Wildman–Crippen MR) is 85.0 cm³/mol. The molecule has 0 aliphatic carbocycles. The maximum Gasteiger partial charge on any atom is 0.337 e. The fourth-order valence-electron chi connectivity index (χ4n) is 1.75. The molecule has 0 spiro atoms. The van der Waals surface area contributed by atoms with E-state index in [9.17, 15) is 14.7 Å². The molecule has 0 saturated carbocycles. The molecule has 2 N–H and O–H groups in total. The number of carbonyl (C=O) groups is 2. The normalized spacial score (nSPS) is 10.0. The Morgan fingerprint density at radius 2 is 1.87 bits per heavy atom. The average Bonchev–Trinajstić information content (AvgIpc) is 2.55. The Labute approximate surface area is 137 Å². The third kappa shape index (κ3) is 4.62. The molecule has 0 bridgehead atoms. The molecule has 6 nitrogen and oxygen atoms in total. The monoisotopic (exact) mass is 335 g/mol. The molecule has 0 aliphatic rings. The summed E-state index contributed by atoms with van der Waals surface area (Å²) in [4.78, 5) is 23.1. The Kier molecular flexibility index (Phi) is 5.43. The maximum atomic E-state index is 11.8. The van der Waals surface area contributed by atoms with Crippen LogP contribution in [0.1, 0.15) is 10.4 Å². The van der Waals surface area contributed by atoms with Gasteiger partial charge >= 0.3 is 5.97 Å². The van der Waals surface area contributed by atoms with E-state index in [-0.39, 0.29) is 23.6 Å². The van der Waals surface area contributed by atoms with Gasteiger partial charge in [0.1, 0.15) is 11.5 Å². The standard InChI is InChI=1S/C16H14ClNO5/c1-22-16(21)10-2-7-13(14(19)8-10)18-15(20)9-23-12-5-3-11(17)4-6-12/h2-8,19H,9H2,1H3,(H,18,20). The lowest BCUT2D eigenvalue weighted by molar-refractivity contribution is -0.118. The van der Waals surface area contributed by atoms with Gasteiger partial charge in [0.15, 0.2) is 6.61 Å². The van der Waals surface area contributed by atoms with Crippen molar-refractivity contribution >= 4 is 29.2 Å². The molecule has 0 aromatic heterocycles.